The monoisotopic (exact) mass is 366 g/mol. The molecule has 0 saturated carbocycles. The Morgan fingerprint density at radius 3 is 2.15 bits per heavy atom. The number of benzene rings is 2. The van der Waals surface area contributed by atoms with Gasteiger partial charge in [0.2, 0.25) is 0 Å². The molecule has 1 saturated heterocycles. The van der Waals surface area contributed by atoms with Gasteiger partial charge in [0.1, 0.15) is 5.75 Å². The van der Waals surface area contributed by atoms with E-state index >= 15 is 0 Å². The van der Waals surface area contributed by atoms with Crippen LogP contribution in [-0.4, -0.2) is 54.4 Å². The zero-order valence-corrected chi connectivity index (χ0v) is 15.8. The number of ether oxygens (including phenoxy) is 1. The highest BCUT2D eigenvalue weighted by Crippen LogP contribution is 2.14. The molecule has 0 bridgehead atoms. The minimum Gasteiger partial charge on any atom is -0.484 e. The van der Waals surface area contributed by atoms with Gasteiger partial charge in [-0.05, 0) is 36.2 Å². The van der Waals surface area contributed by atoms with Crippen LogP contribution in [0.4, 0.5) is 0 Å². The van der Waals surface area contributed by atoms with Gasteiger partial charge in [0.05, 0.1) is 0 Å². The van der Waals surface area contributed by atoms with Crippen molar-refractivity contribution in [2.75, 3.05) is 32.8 Å². The summed E-state index contributed by atoms with van der Waals surface area (Å²) >= 11 is 0. The van der Waals surface area contributed by atoms with E-state index in [1.165, 1.54) is 5.56 Å². The fraction of sp³-hybridized carbons (Fsp3) is 0.364. The second-order valence-electron chi connectivity index (χ2n) is 6.72. The molecule has 2 aromatic carbocycles. The van der Waals surface area contributed by atoms with E-state index in [9.17, 15) is 9.59 Å². The van der Waals surface area contributed by atoms with E-state index in [1.54, 1.807) is 9.80 Å². The number of piperazine rings is 1. The maximum atomic E-state index is 12.5. The summed E-state index contributed by atoms with van der Waals surface area (Å²) in [6.07, 6.45) is 2.16. The van der Waals surface area contributed by atoms with Crippen molar-refractivity contribution in [3.63, 3.8) is 0 Å². The van der Waals surface area contributed by atoms with E-state index in [2.05, 4.69) is 6.92 Å². The van der Waals surface area contributed by atoms with Crippen molar-refractivity contribution in [3.8, 4) is 5.75 Å². The average molecular weight is 366 g/mol. The molecule has 0 radical (unpaired) electrons. The van der Waals surface area contributed by atoms with Crippen molar-refractivity contribution in [3.05, 3.63) is 65.7 Å². The first kappa shape index (κ1) is 19.0. The zero-order valence-electron chi connectivity index (χ0n) is 15.8. The lowest BCUT2D eigenvalue weighted by Crippen LogP contribution is -2.51. The largest absolute Gasteiger partial charge is 0.484 e. The Kier molecular flexibility index (Phi) is 6.47. The Labute approximate surface area is 160 Å². The van der Waals surface area contributed by atoms with Gasteiger partial charge in [0.15, 0.2) is 6.61 Å². The molecule has 5 heteroatoms. The number of nitrogens with zero attached hydrogens (tertiary/aromatic N) is 2. The number of hydrogen-bond donors (Lipinski definition) is 0. The van der Waals surface area contributed by atoms with Gasteiger partial charge in [0, 0.05) is 31.7 Å². The maximum absolute atomic E-state index is 12.5. The molecule has 0 spiro atoms. The van der Waals surface area contributed by atoms with E-state index in [0.717, 1.165) is 12.8 Å². The van der Waals surface area contributed by atoms with Crippen LogP contribution in [0.15, 0.2) is 54.6 Å². The molecule has 0 unspecified atom stereocenters. The summed E-state index contributed by atoms with van der Waals surface area (Å²) in [7, 11) is 0. The van der Waals surface area contributed by atoms with Crippen LogP contribution in [0, 0.1) is 0 Å². The van der Waals surface area contributed by atoms with Crippen LogP contribution in [0.1, 0.15) is 29.3 Å². The molecule has 27 heavy (non-hydrogen) atoms. The predicted octanol–water partition coefficient (Wildman–Crippen LogP) is 3.00. The third-order valence-electron chi connectivity index (χ3n) is 4.76. The Morgan fingerprint density at radius 1 is 0.889 bits per heavy atom. The molecule has 1 aliphatic rings. The second-order valence-corrected chi connectivity index (χ2v) is 6.72. The molecule has 5 nitrogen and oxygen atoms in total. The van der Waals surface area contributed by atoms with E-state index in [4.69, 9.17) is 4.74 Å². The first-order valence-electron chi connectivity index (χ1n) is 9.51. The number of rotatable bonds is 6. The van der Waals surface area contributed by atoms with Crippen LogP contribution >= 0.6 is 0 Å². The molecule has 1 aliphatic heterocycles. The fourth-order valence-electron chi connectivity index (χ4n) is 3.20. The van der Waals surface area contributed by atoms with Crippen molar-refractivity contribution >= 4 is 11.8 Å². The first-order valence-corrected chi connectivity index (χ1v) is 9.51. The van der Waals surface area contributed by atoms with Crippen LogP contribution < -0.4 is 4.74 Å². The predicted molar refractivity (Wildman–Crippen MR) is 105 cm³/mol. The van der Waals surface area contributed by atoms with Crippen molar-refractivity contribution in [1.82, 2.24) is 9.80 Å². The zero-order chi connectivity index (χ0) is 19.1. The van der Waals surface area contributed by atoms with Gasteiger partial charge in [-0.25, -0.2) is 0 Å². The Morgan fingerprint density at radius 2 is 1.52 bits per heavy atom. The van der Waals surface area contributed by atoms with Gasteiger partial charge < -0.3 is 14.5 Å². The lowest BCUT2D eigenvalue weighted by Gasteiger charge is -2.34. The third kappa shape index (κ3) is 5.09. The summed E-state index contributed by atoms with van der Waals surface area (Å²) in [5, 5.41) is 0. The maximum Gasteiger partial charge on any atom is 0.260 e. The van der Waals surface area contributed by atoms with Crippen molar-refractivity contribution in [2.45, 2.75) is 19.8 Å². The highest BCUT2D eigenvalue weighted by atomic mass is 16.5. The third-order valence-corrected chi connectivity index (χ3v) is 4.76. The number of aryl methyl sites for hydroxylation is 1. The van der Waals surface area contributed by atoms with Crippen molar-refractivity contribution in [1.29, 1.82) is 0 Å². The molecule has 2 amide bonds. The van der Waals surface area contributed by atoms with Gasteiger partial charge in [-0.1, -0.05) is 43.7 Å². The quantitative estimate of drug-likeness (QED) is 0.790. The van der Waals surface area contributed by atoms with Crippen LogP contribution in [0.3, 0.4) is 0 Å². The molecule has 1 fully saturated rings. The lowest BCUT2D eigenvalue weighted by atomic mass is 10.1. The van der Waals surface area contributed by atoms with Crippen molar-refractivity contribution < 1.29 is 14.3 Å². The topological polar surface area (TPSA) is 49.9 Å². The smallest absolute Gasteiger partial charge is 0.260 e. The van der Waals surface area contributed by atoms with Crippen LogP contribution in [-0.2, 0) is 11.2 Å². The minimum absolute atomic E-state index is 0.0196. The first-order chi connectivity index (χ1) is 13.2. The lowest BCUT2D eigenvalue weighted by molar-refractivity contribution is -0.134. The highest BCUT2D eigenvalue weighted by molar-refractivity contribution is 5.94. The van der Waals surface area contributed by atoms with Gasteiger partial charge in [-0.3, -0.25) is 9.59 Å². The van der Waals surface area contributed by atoms with Crippen LogP contribution in [0.2, 0.25) is 0 Å². The number of hydrogen-bond acceptors (Lipinski definition) is 3. The number of amides is 2. The molecule has 3 rings (SSSR count). The number of carbonyl (C=O) groups excluding carboxylic acids is 2. The molecular weight excluding hydrogens is 340 g/mol. The molecule has 1 heterocycles. The van der Waals surface area contributed by atoms with Gasteiger partial charge in [-0.15, -0.1) is 0 Å². The van der Waals surface area contributed by atoms with Gasteiger partial charge >= 0.3 is 0 Å². The standard InChI is InChI=1S/C22H26N2O3/c1-2-6-18-9-11-20(12-10-18)27-17-21(25)23-13-15-24(16-14-23)22(26)19-7-4-3-5-8-19/h3-5,7-12H,2,6,13-17H2,1H3. The molecule has 142 valence electrons. The molecule has 0 aliphatic carbocycles. The Balaban J connectivity index is 1.45. The summed E-state index contributed by atoms with van der Waals surface area (Å²) in [6, 6.07) is 17.2. The Bertz CT molecular complexity index is 751. The van der Waals surface area contributed by atoms with E-state index in [0.29, 0.717) is 37.5 Å². The molecule has 2 aromatic rings. The molecule has 0 N–H and O–H groups in total. The SMILES string of the molecule is CCCc1ccc(OCC(=O)N2CCN(C(=O)c3ccccc3)CC2)cc1. The number of carbonyl (C=O) groups is 2. The van der Waals surface area contributed by atoms with Gasteiger partial charge in [0.25, 0.3) is 11.8 Å². The van der Waals surface area contributed by atoms with E-state index < -0.39 is 0 Å². The average Bonchev–Trinajstić information content (AvgIpc) is 2.73. The normalized spacial score (nSPS) is 14.1. The summed E-state index contributed by atoms with van der Waals surface area (Å²) in [4.78, 5) is 28.4. The minimum atomic E-state index is -0.0422. The summed E-state index contributed by atoms with van der Waals surface area (Å²) in [6.45, 7) is 4.35. The Hall–Kier alpha value is -2.82. The van der Waals surface area contributed by atoms with Crippen LogP contribution in [0.25, 0.3) is 0 Å². The van der Waals surface area contributed by atoms with Crippen LogP contribution in [0.5, 0.6) is 5.75 Å². The van der Waals surface area contributed by atoms with Gasteiger partial charge in [-0.2, -0.15) is 0 Å². The van der Waals surface area contributed by atoms with Crippen molar-refractivity contribution in [2.24, 2.45) is 0 Å². The second kappa shape index (κ2) is 9.21. The van der Waals surface area contributed by atoms with E-state index in [-0.39, 0.29) is 18.4 Å². The summed E-state index contributed by atoms with van der Waals surface area (Å²) < 4.78 is 5.63. The molecule has 0 aromatic heterocycles. The molecule has 0 atom stereocenters. The molecular formula is C22H26N2O3. The highest BCUT2D eigenvalue weighted by Gasteiger charge is 2.24. The summed E-state index contributed by atoms with van der Waals surface area (Å²) in [5.74, 6) is 0.687. The van der Waals surface area contributed by atoms with E-state index in [1.807, 2.05) is 54.6 Å². The fourth-order valence-corrected chi connectivity index (χ4v) is 3.20. The summed E-state index contributed by atoms with van der Waals surface area (Å²) in [5.41, 5.74) is 1.96.